The van der Waals surface area contributed by atoms with Gasteiger partial charge in [-0.2, -0.15) is 0 Å². The Morgan fingerprint density at radius 1 is 1.25 bits per heavy atom. The lowest BCUT2D eigenvalue weighted by atomic mass is 10.1. The summed E-state index contributed by atoms with van der Waals surface area (Å²) in [6.07, 6.45) is 0. The zero-order valence-corrected chi connectivity index (χ0v) is 14.1. The molecule has 1 saturated heterocycles. The summed E-state index contributed by atoms with van der Waals surface area (Å²) in [7, 11) is 1.60. The molecule has 0 saturated carbocycles. The summed E-state index contributed by atoms with van der Waals surface area (Å²) in [5, 5.41) is 12.2. The first-order chi connectivity index (χ1) is 11.7. The fourth-order valence-corrected chi connectivity index (χ4v) is 3.83. The predicted octanol–water partition coefficient (Wildman–Crippen LogP) is 3.06. The van der Waals surface area contributed by atoms with Crippen LogP contribution in [0.3, 0.4) is 0 Å². The molecule has 2 N–H and O–H groups in total. The molecule has 0 radical (unpaired) electrons. The second-order valence-corrected chi connectivity index (χ2v) is 6.56. The van der Waals surface area contributed by atoms with Crippen molar-refractivity contribution in [3.05, 3.63) is 59.7 Å². The van der Waals surface area contributed by atoms with Crippen molar-refractivity contribution in [2.24, 2.45) is 0 Å². The van der Waals surface area contributed by atoms with Gasteiger partial charge in [0.2, 0.25) is 0 Å². The van der Waals surface area contributed by atoms with Crippen LogP contribution < -0.4 is 14.8 Å². The van der Waals surface area contributed by atoms with E-state index >= 15 is 0 Å². The normalized spacial score (nSPS) is 19.9. The number of rotatable bonds is 6. The van der Waals surface area contributed by atoms with Gasteiger partial charge in [0.25, 0.3) is 0 Å². The van der Waals surface area contributed by atoms with Gasteiger partial charge in [-0.1, -0.05) is 42.5 Å². The molecule has 0 bridgehead atoms. The van der Waals surface area contributed by atoms with Gasteiger partial charge in [0.15, 0.2) is 11.5 Å². The van der Waals surface area contributed by atoms with Crippen LogP contribution in [0.4, 0.5) is 0 Å². The van der Waals surface area contributed by atoms with E-state index < -0.39 is 12.0 Å². The average Bonchev–Trinajstić information content (AvgIpc) is 3.10. The molecule has 1 aliphatic heterocycles. The molecule has 2 unspecified atom stereocenters. The van der Waals surface area contributed by atoms with E-state index in [2.05, 4.69) is 5.32 Å². The lowest BCUT2D eigenvalue weighted by molar-refractivity contribution is -0.138. The molecule has 2 atom stereocenters. The molecule has 0 aliphatic carbocycles. The Kier molecular flexibility index (Phi) is 5.27. The smallest absolute Gasteiger partial charge is 0.321 e. The van der Waals surface area contributed by atoms with Crippen molar-refractivity contribution in [1.82, 2.24) is 5.32 Å². The van der Waals surface area contributed by atoms with Gasteiger partial charge in [-0.05, 0) is 11.6 Å². The number of para-hydroxylation sites is 1. The highest BCUT2D eigenvalue weighted by Crippen LogP contribution is 2.42. The number of ether oxygens (including phenoxy) is 2. The summed E-state index contributed by atoms with van der Waals surface area (Å²) in [4.78, 5) is 11.2. The average molecular weight is 345 g/mol. The highest BCUT2D eigenvalue weighted by molar-refractivity contribution is 7.99. The number of carbonyl (C=O) groups is 1. The number of carboxylic acids is 1. The molecule has 126 valence electrons. The van der Waals surface area contributed by atoms with Crippen molar-refractivity contribution in [2.75, 3.05) is 12.9 Å². The molecule has 6 heteroatoms. The SMILES string of the molecule is COc1cccc(C2NC(C(=O)O)CS2)c1OCc1ccccc1. The maximum Gasteiger partial charge on any atom is 0.321 e. The van der Waals surface area contributed by atoms with E-state index in [0.29, 0.717) is 23.9 Å². The fourth-order valence-electron chi connectivity index (χ4n) is 2.58. The first kappa shape index (κ1) is 16.7. The third kappa shape index (κ3) is 3.66. The second-order valence-electron chi connectivity index (χ2n) is 5.42. The Morgan fingerprint density at radius 2 is 2.04 bits per heavy atom. The Morgan fingerprint density at radius 3 is 2.71 bits per heavy atom. The van der Waals surface area contributed by atoms with Crippen LogP contribution in [0.5, 0.6) is 11.5 Å². The molecule has 0 amide bonds. The molecule has 0 aromatic heterocycles. The highest BCUT2D eigenvalue weighted by atomic mass is 32.2. The maximum atomic E-state index is 11.2. The minimum atomic E-state index is -0.834. The monoisotopic (exact) mass is 345 g/mol. The summed E-state index contributed by atoms with van der Waals surface area (Å²) in [6, 6.07) is 15.0. The van der Waals surface area contributed by atoms with Crippen molar-refractivity contribution in [1.29, 1.82) is 0 Å². The van der Waals surface area contributed by atoms with Gasteiger partial charge in [-0.15, -0.1) is 11.8 Å². The van der Waals surface area contributed by atoms with E-state index in [1.54, 1.807) is 18.9 Å². The van der Waals surface area contributed by atoms with Gasteiger partial charge in [-0.25, -0.2) is 0 Å². The predicted molar refractivity (Wildman–Crippen MR) is 93.5 cm³/mol. The zero-order chi connectivity index (χ0) is 16.9. The maximum absolute atomic E-state index is 11.2. The number of benzene rings is 2. The minimum Gasteiger partial charge on any atom is -0.493 e. The quantitative estimate of drug-likeness (QED) is 0.839. The van der Waals surface area contributed by atoms with Crippen LogP contribution in [-0.4, -0.2) is 30.0 Å². The van der Waals surface area contributed by atoms with Crippen LogP contribution in [-0.2, 0) is 11.4 Å². The summed E-state index contributed by atoms with van der Waals surface area (Å²) >= 11 is 1.56. The lowest BCUT2D eigenvalue weighted by Gasteiger charge is -2.19. The zero-order valence-electron chi connectivity index (χ0n) is 13.3. The number of methoxy groups -OCH3 is 1. The van der Waals surface area contributed by atoms with Crippen LogP contribution >= 0.6 is 11.8 Å². The summed E-state index contributed by atoms with van der Waals surface area (Å²) < 4.78 is 11.5. The number of hydrogen-bond donors (Lipinski definition) is 2. The topological polar surface area (TPSA) is 67.8 Å². The summed E-state index contributed by atoms with van der Waals surface area (Å²) in [5.74, 6) is 0.985. The standard InChI is InChI=1S/C18H19NO4S/c1-22-15-9-5-8-13(17-19-14(11-24-17)18(20)21)16(15)23-10-12-6-3-2-4-7-12/h2-9,14,17,19H,10-11H2,1H3,(H,20,21). The highest BCUT2D eigenvalue weighted by Gasteiger charge is 2.32. The van der Waals surface area contributed by atoms with Crippen molar-refractivity contribution in [2.45, 2.75) is 18.0 Å². The molecule has 24 heavy (non-hydrogen) atoms. The molecule has 2 aromatic rings. The van der Waals surface area contributed by atoms with Crippen LogP contribution in [0.25, 0.3) is 0 Å². The van der Waals surface area contributed by atoms with Gasteiger partial charge >= 0.3 is 5.97 Å². The second kappa shape index (κ2) is 7.59. The van der Waals surface area contributed by atoms with E-state index in [1.165, 1.54) is 0 Å². The molecule has 2 aromatic carbocycles. The third-order valence-corrected chi connectivity index (χ3v) is 5.07. The molecule has 1 aliphatic rings. The van der Waals surface area contributed by atoms with Gasteiger partial charge in [0.1, 0.15) is 12.6 Å². The Bertz CT molecular complexity index is 707. The van der Waals surface area contributed by atoms with Gasteiger partial charge in [-0.3, -0.25) is 10.1 Å². The van der Waals surface area contributed by atoms with Crippen molar-refractivity contribution >= 4 is 17.7 Å². The summed E-state index contributed by atoms with van der Waals surface area (Å²) in [5.41, 5.74) is 1.96. The van der Waals surface area contributed by atoms with Crippen molar-refractivity contribution in [3.63, 3.8) is 0 Å². The first-order valence-corrected chi connectivity index (χ1v) is 8.68. The third-order valence-electron chi connectivity index (χ3n) is 3.82. The minimum absolute atomic E-state index is 0.132. The lowest BCUT2D eigenvalue weighted by Crippen LogP contribution is -2.33. The molecule has 0 spiro atoms. The van der Waals surface area contributed by atoms with E-state index in [1.807, 2.05) is 48.5 Å². The van der Waals surface area contributed by atoms with Crippen LogP contribution in [0.1, 0.15) is 16.5 Å². The fraction of sp³-hybridized carbons (Fsp3) is 0.278. The molecule has 5 nitrogen and oxygen atoms in total. The van der Waals surface area contributed by atoms with Crippen molar-refractivity contribution < 1.29 is 19.4 Å². The van der Waals surface area contributed by atoms with E-state index in [0.717, 1.165) is 11.1 Å². The Balaban J connectivity index is 1.83. The molecule has 1 heterocycles. The molecule has 1 fully saturated rings. The van der Waals surface area contributed by atoms with E-state index in [4.69, 9.17) is 14.6 Å². The Hall–Kier alpha value is -2.18. The number of hydrogen-bond acceptors (Lipinski definition) is 5. The van der Waals surface area contributed by atoms with E-state index in [9.17, 15) is 4.79 Å². The van der Waals surface area contributed by atoms with Crippen LogP contribution in [0, 0.1) is 0 Å². The number of aliphatic carboxylic acids is 1. The summed E-state index contributed by atoms with van der Waals surface area (Å²) in [6.45, 7) is 0.425. The molecular weight excluding hydrogens is 326 g/mol. The molecular formula is C18H19NO4S. The largest absolute Gasteiger partial charge is 0.493 e. The van der Waals surface area contributed by atoms with Gasteiger partial charge in [0.05, 0.1) is 12.5 Å². The number of carboxylic acid groups (broad SMARTS) is 1. The van der Waals surface area contributed by atoms with E-state index in [-0.39, 0.29) is 5.37 Å². The first-order valence-electron chi connectivity index (χ1n) is 7.63. The van der Waals surface area contributed by atoms with Crippen LogP contribution in [0.15, 0.2) is 48.5 Å². The number of thioether (sulfide) groups is 1. The molecule has 3 rings (SSSR count). The van der Waals surface area contributed by atoms with Crippen LogP contribution in [0.2, 0.25) is 0 Å². The van der Waals surface area contributed by atoms with Gasteiger partial charge < -0.3 is 14.6 Å². The Labute approximate surface area is 145 Å². The van der Waals surface area contributed by atoms with Gasteiger partial charge in [0, 0.05) is 11.3 Å². The van der Waals surface area contributed by atoms with Crippen molar-refractivity contribution in [3.8, 4) is 11.5 Å². The number of nitrogens with one attached hydrogen (secondary N) is 1.